The van der Waals surface area contributed by atoms with Gasteiger partial charge in [-0.3, -0.25) is 48.2 Å². The standard InChI is InChI=1S/2C24H25ClN2O5.2C22H21NO5/c2*25-11-24(14-28)12-27(13-24)7-8-31-17-3-5-18-15(9-17)1-6-21-22(18)23(26-32-21)19-4-2-16(29)10-20(19)30;2*1-13(24)3-2-10-27-16-6-8-17-14(11-16)4-9-20-21(17)22(23-28-20)18-7-5-15(25)12-19(18)26/h2*1,3,5-6,9,19,28H,2,4,7-8,10-14H2;2*4,6,8-9,11,18H,2-3,5,7,10,12H2,1H3/t2*19-;2*18-/m1010/s1. The molecule has 6 fully saturated rings. The molecular weight excluding hydrogens is 1580 g/mol. The lowest BCUT2D eigenvalue weighted by Crippen LogP contribution is -2.60. The molecule has 0 bridgehead atoms. The van der Waals surface area contributed by atoms with Crippen LogP contribution >= 0.6 is 23.2 Å². The van der Waals surface area contributed by atoms with Gasteiger partial charge in [0, 0.05) is 100 Å². The number of Topliss-reactive ketones (excluding diaryl/α,β-unsaturated/α-hetero) is 10. The monoisotopic (exact) mass is 1670 g/mol. The van der Waals surface area contributed by atoms with E-state index in [4.69, 9.17) is 60.2 Å². The van der Waals surface area contributed by atoms with Gasteiger partial charge in [0.25, 0.3) is 0 Å². The molecule has 0 unspecified atom stereocenters. The zero-order valence-electron chi connectivity index (χ0n) is 66.8. The lowest BCUT2D eigenvalue weighted by Gasteiger charge is -2.48. The van der Waals surface area contributed by atoms with Crippen molar-refractivity contribution in [3.8, 4) is 23.0 Å². The van der Waals surface area contributed by atoms with Crippen LogP contribution in [0.3, 0.4) is 0 Å². The van der Waals surface area contributed by atoms with Crippen LogP contribution in [0.5, 0.6) is 23.0 Å². The van der Waals surface area contributed by atoms with E-state index in [1.165, 1.54) is 0 Å². The average molecular weight is 1670 g/mol. The number of hydrogen-bond donors (Lipinski definition) is 2. The largest absolute Gasteiger partial charge is 0.494 e. The molecule has 18 rings (SSSR count). The second-order valence-electron chi connectivity index (χ2n) is 32.7. The highest BCUT2D eigenvalue weighted by atomic mass is 35.5. The number of hydrogen-bond acceptors (Lipinski definition) is 26. The molecule has 0 radical (unpaired) electrons. The normalized spacial score (nSPS) is 19.4. The number of likely N-dealkylation sites (tertiary alicyclic amines) is 2. The van der Waals surface area contributed by atoms with Crippen molar-refractivity contribution in [3.63, 3.8) is 0 Å². The maximum atomic E-state index is 12.5. The van der Waals surface area contributed by atoms with Gasteiger partial charge in [-0.1, -0.05) is 44.9 Å². The summed E-state index contributed by atoms with van der Waals surface area (Å²) in [4.78, 5) is 123. The third-order valence-electron chi connectivity index (χ3n) is 23.7. The fourth-order valence-electron chi connectivity index (χ4n) is 17.2. The topological polar surface area (TPSA) is 359 Å². The fraction of sp³-hybridized carbons (Fsp3) is 0.413. The Kier molecular flexibility index (Phi) is 25.9. The van der Waals surface area contributed by atoms with Crippen molar-refractivity contribution in [2.24, 2.45) is 10.8 Å². The molecule has 8 aromatic carbocycles. The van der Waals surface area contributed by atoms with E-state index >= 15 is 0 Å². The van der Waals surface area contributed by atoms with Crippen LogP contribution in [-0.2, 0) is 47.9 Å². The Balaban J connectivity index is 0.000000125. The van der Waals surface area contributed by atoms with Gasteiger partial charge in [-0.05, 0) is 193 Å². The summed E-state index contributed by atoms with van der Waals surface area (Å²) in [7, 11) is 0. The number of rotatable bonds is 26. The summed E-state index contributed by atoms with van der Waals surface area (Å²) in [6.07, 6.45) is 5.80. The Morgan fingerprint density at radius 3 is 0.883 bits per heavy atom. The molecule has 2 aliphatic heterocycles. The third-order valence-corrected chi connectivity index (χ3v) is 24.9. The predicted octanol–water partition coefficient (Wildman–Crippen LogP) is 14.9. The predicted molar refractivity (Wildman–Crippen MR) is 448 cm³/mol. The minimum Gasteiger partial charge on any atom is -0.494 e. The Bertz CT molecular complexity index is 5600. The lowest BCUT2D eigenvalue weighted by molar-refractivity contribution is -0.132. The number of halogens is 2. The molecule has 120 heavy (non-hydrogen) atoms. The first-order valence-corrected chi connectivity index (χ1v) is 41.9. The first-order chi connectivity index (χ1) is 58.1. The van der Waals surface area contributed by atoms with Crippen molar-refractivity contribution >= 4 is 168 Å². The van der Waals surface area contributed by atoms with E-state index in [1.54, 1.807) is 13.8 Å². The molecule has 28 heteroatoms. The highest BCUT2D eigenvalue weighted by Gasteiger charge is 2.43. The van der Waals surface area contributed by atoms with Crippen LogP contribution in [0.4, 0.5) is 0 Å². The number of aliphatic hydroxyl groups is 2. The van der Waals surface area contributed by atoms with E-state index in [2.05, 4.69) is 30.4 Å². The van der Waals surface area contributed by atoms with Crippen LogP contribution in [0.25, 0.3) is 87.0 Å². The van der Waals surface area contributed by atoms with Crippen molar-refractivity contribution < 1.29 is 95.2 Å². The molecule has 6 heterocycles. The second-order valence-corrected chi connectivity index (χ2v) is 33.2. The van der Waals surface area contributed by atoms with Gasteiger partial charge in [0.05, 0.1) is 97.3 Å². The van der Waals surface area contributed by atoms with Crippen LogP contribution in [-0.4, -0.2) is 189 Å². The lowest BCUT2D eigenvalue weighted by atomic mass is 9.83. The van der Waals surface area contributed by atoms with Gasteiger partial charge in [0.1, 0.15) is 117 Å². The van der Waals surface area contributed by atoms with Crippen LogP contribution in [0.15, 0.2) is 139 Å². The maximum absolute atomic E-state index is 12.5. The van der Waals surface area contributed by atoms with Crippen LogP contribution in [0.2, 0.25) is 0 Å². The first kappa shape index (κ1) is 84.0. The number of aliphatic hydroxyl groups excluding tert-OH is 2. The van der Waals surface area contributed by atoms with Gasteiger partial charge in [0.15, 0.2) is 22.3 Å². The van der Waals surface area contributed by atoms with Gasteiger partial charge in [0.2, 0.25) is 0 Å². The first-order valence-electron chi connectivity index (χ1n) is 40.8. The Morgan fingerprint density at radius 1 is 0.392 bits per heavy atom. The van der Waals surface area contributed by atoms with Crippen molar-refractivity contribution in [2.75, 3.05) is 90.7 Å². The molecule has 624 valence electrons. The molecule has 6 aliphatic rings. The van der Waals surface area contributed by atoms with Crippen LogP contribution in [0, 0.1) is 10.8 Å². The van der Waals surface area contributed by atoms with Crippen molar-refractivity contribution in [2.45, 2.75) is 140 Å². The number of carbonyl (C=O) groups is 10. The summed E-state index contributed by atoms with van der Waals surface area (Å²) in [5.74, 6) is 2.27. The number of aromatic nitrogens is 4. The van der Waals surface area contributed by atoms with E-state index in [9.17, 15) is 58.2 Å². The molecule has 26 nitrogen and oxygen atoms in total. The molecular formula is C92H92Cl2N6O20. The molecule has 2 N–H and O–H groups in total. The highest BCUT2D eigenvalue weighted by molar-refractivity contribution is 6.19. The molecule has 4 atom stereocenters. The summed E-state index contributed by atoms with van der Waals surface area (Å²) >= 11 is 11.9. The Hall–Kier alpha value is -11.0. The SMILES string of the molecule is CC(=O)CCCOc1ccc2c(ccc3onc([C@@H]4CCC(=O)CC4=O)c32)c1.CC(=O)CCCOc1ccc2c(ccc3onc([C@H]4CCC(=O)CC4=O)c32)c1.O=C1CC[C@@H](c2noc3ccc4cc(OCCN5CC(CO)(CCl)C5)ccc4c23)C(=O)C1.O=C1CC[C@H](c2noc3ccc4cc(OCCN5CC(CO)(CCl)C5)ccc4c23)C(=O)C1. The fourth-order valence-corrected chi connectivity index (χ4v) is 17.7. The number of carbonyl (C=O) groups excluding carboxylic acids is 10. The summed E-state index contributed by atoms with van der Waals surface area (Å²) in [6, 6.07) is 38.4. The smallest absolute Gasteiger partial charge is 0.167 e. The van der Waals surface area contributed by atoms with Crippen molar-refractivity contribution in [1.82, 2.24) is 30.4 Å². The van der Waals surface area contributed by atoms with Crippen molar-refractivity contribution in [3.05, 3.63) is 144 Å². The van der Waals surface area contributed by atoms with Gasteiger partial charge >= 0.3 is 0 Å². The molecule has 0 spiro atoms. The summed E-state index contributed by atoms with van der Waals surface area (Å²) < 4.78 is 45.4. The molecule has 4 aromatic heterocycles. The number of alkyl halides is 2. The minimum atomic E-state index is -0.397. The zero-order chi connectivity index (χ0) is 83.9. The van der Waals surface area contributed by atoms with E-state index < -0.39 is 23.7 Å². The molecule has 0 amide bonds. The number of fused-ring (bicyclic) bond motifs is 12. The third kappa shape index (κ3) is 18.5. The number of ketones is 10. The van der Waals surface area contributed by atoms with Crippen molar-refractivity contribution in [1.29, 1.82) is 0 Å². The van der Waals surface area contributed by atoms with Crippen LogP contribution in [0.1, 0.15) is 163 Å². The maximum Gasteiger partial charge on any atom is 0.167 e. The average Bonchev–Trinajstić information content (AvgIpc) is 1.60. The zero-order valence-corrected chi connectivity index (χ0v) is 68.3. The number of benzene rings is 8. The van der Waals surface area contributed by atoms with E-state index in [1.807, 2.05) is 121 Å². The Morgan fingerprint density at radius 2 is 0.650 bits per heavy atom. The van der Waals surface area contributed by atoms with Gasteiger partial charge in [-0.2, -0.15) is 0 Å². The van der Waals surface area contributed by atoms with Gasteiger partial charge < -0.3 is 56.8 Å². The summed E-state index contributed by atoms with van der Waals surface area (Å²) in [5, 5.41) is 46.7. The minimum absolute atomic E-state index is 0.00589. The number of nitrogens with zero attached hydrogens (tertiary/aromatic N) is 6. The summed E-state index contributed by atoms with van der Waals surface area (Å²) in [6.45, 7) is 10.1. The second kappa shape index (κ2) is 36.9. The molecule has 4 saturated carbocycles. The number of ether oxygens (including phenoxy) is 4. The van der Waals surface area contributed by atoms with E-state index in [0.29, 0.717) is 160 Å². The van der Waals surface area contributed by atoms with Gasteiger partial charge in [-0.15, -0.1) is 23.2 Å². The molecule has 4 aliphatic carbocycles. The highest BCUT2D eigenvalue weighted by Crippen LogP contribution is 2.44. The molecule has 2 saturated heterocycles. The molecule has 12 aromatic rings. The quantitative estimate of drug-likeness (QED) is 0.0289. The van der Waals surface area contributed by atoms with Gasteiger partial charge in [-0.25, -0.2) is 0 Å². The Labute approximate surface area is 698 Å². The van der Waals surface area contributed by atoms with E-state index in [0.717, 1.165) is 127 Å². The summed E-state index contributed by atoms with van der Waals surface area (Å²) in [5.41, 5.74) is 4.68. The van der Waals surface area contributed by atoms with E-state index in [-0.39, 0.29) is 108 Å². The van der Waals surface area contributed by atoms with Crippen LogP contribution < -0.4 is 18.9 Å².